The number of aryl methyl sites for hydroxylation is 3. The van der Waals surface area contributed by atoms with Gasteiger partial charge in [-0.2, -0.15) is 14.6 Å². The summed E-state index contributed by atoms with van der Waals surface area (Å²) >= 11 is 11.6. The zero-order valence-corrected chi connectivity index (χ0v) is 21.7. The van der Waals surface area contributed by atoms with Crippen LogP contribution in [0.1, 0.15) is 47.6 Å². The first-order valence-electron chi connectivity index (χ1n) is 11.5. The summed E-state index contributed by atoms with van der Waals surface area (Å²) in [5.41, 5.74) is 1.68. The molecule has 0 radical (unpaired) electrons. The number of pyridine rings is 1. The van der Waals surface area contributed by atoms with Gasteiger partial charge in [0.2, 0.25) is 11.9 Å². The second-order valence-corrected chi connectivity index (χ2v) is 9.60. The van der Waals surface area contributed by atoms with E-state index in [0.29, 0.717) is 29.8 Å². The van der Waals surface area contributed by atoms with Crippen molar-refractivity contribution in [1.29, 1.82) is 0 Å². The lowest BCUT2D eigenvalue weighted by molar-refractivity contribution is -0.118. The number of aliphatic hydroxyl groups excluding tert-OH is 1. The van der Waals surface area contributed by atoms with Crippen LogP contribution in [0.5, 0.6) is 0 Å². The van der Waals surface area contributed by atoms with Crippen LogP contribution in [0.2, 0.25) is 0 Å². The normalized spacial score (nSPS) is 12.1. The third-order valence-electron chi connectivity index (χ3n) is 5.57. The Morgan fingerprint density at radius 2 is 1.95 bits per heavy atom. The summed E-state index contributed by atoms with van der Waals surface area (Å²) in [5.74, 6) is -3.32. The highest BCUT2D eigenvalue weighted by Gasteiger charge is 2.26. The van der Waals surface area contributed by atoms with Crippen molar-refractivity contribution in [3.05, 3.63) is 47.2 Å². The van der Waals surface area contributed by atoms with E-state index in [1.165, 1.54) is 12.1 Å². The molecule has 0 unspecified atom stereocenters. The Labute approximate surface area is 221 Å². The van der Waals surface area contributed by atoms with Gasteiger partial charge < -0.3 is 15.7 Å². The Hall–Kier alpha value is -3.09. The fourth-order valence-corrected chi connectivity index (χ4v) is 4.11. The van der Waals surface area contributed by atoms with Crippen molar-refractivity contribution in [2.75, 3.05) is 11.9 Å². The maximum Gasteiger partial charge on any atom is 0.273 e. The summed E-state index contributed by atoms with van der Waals surface area (Å²) in [4.78, 5) is 29.1. The maximum atomic E-state index is 14.8. The van der Waals surface area contributed by atoms with Crippen LogP contribution in [0.4, 0.5) is 14.6 Å². The number of aromatic amines is 1. The van der Waals surface area contributed by atoms with Crippen LogP contribution >= 0.6 is 23.2 Å². The van der Waals surface area contributed by atoms with Gasteiger partial charge in [0, 0.05) is 30.0 Å². The summed E-state index contributed by atoms with van der Waals surface area (Å²) < 4.78 is 30.2. The number of hydrogen-bond donors (Lipinski definition) is 4. The standard InChI is InChI=1S/C23H27Cl2F2N7O3/c1-12-19(13(2)33-32-12)14-7-8-18(30-21(14)27)31-22(36)16(5-3-6-17(24)25)29-23(37)20-15(26)11-28-34(20)9-4-10-35/h7-8,11,16-17,35H,3-6,9-10H2,1-2H3,(H,29,37)(H,32,33)(H,30,31,36)/t16-/m0/s1. The molecule has 0 aromatic carbocycles. The molecule has 0 aliphatic heterocycles. The lowest BCUT2D eigenvalue weighted by Gasteiger charge is -2.19. The molecule has 0 saturated heterocycles. The van der Waals surface area contributed by atoms with Crippen LogP contribution in [-0.2, 0) is 11.3 Å². The summed E-state index contributed by atoms with van der Waals surface area (Å²) in [6.45, 7) is 3.41. The highest BCUT2D eigenvalue weighted by atomic mass is 35.5. The molecule has 2 amide bonds. The fourth-order valence-electron chi connectivity index (χ4n) is 3.80. The van der Waals surface area contributed by atoms with Crippen LogP contribution in [0.25, 0.3) is 11.1 Å². The number of H-pyrrole nitrogens is 1. The number of aromatic nitrogens is 5. The minimum atomic E-state index is -1.14. The van der Waals surface area contributed by atoms with Crippen molar-refractivity contribution < 1.29 is 23.5 Å². The van der Waals surface area contributed by atoms with E-state index in [1.54, 1.807) is 13.8 Å². The first-order chi connectivity index (χ1) is 17.6. The van der Waals surface area contributed by atoms with Gasteiger partial charge >= 0.3 is 0 Å². The van der Waals surface area contributed by atoms with E-state index in [1.807, 2.05) is 0 Å². The zero-order valence-electron chi connectivity index (χ0n) is 20.2. The molecule has 3 rings (SSSR count). The number of aliphatic hydroxyl groups is 1. The Kier molecular flexibility index (Phi) is 9.95. The molecule has 3 heterocycles. The van der Waals surface area contributed by atoms with E-state index in [4.69, 9.17) is 28.3 Å². The summed E-state index contributed by atoms with van der Waals surface area (Å²) in [7, 11) is 0. The molecule has 0 bridgehead atoms. The monoisotopic (exact) mass is 557 g/mol. The minimum Gasteiger partial charge on any atom is -0.396 e. The molecule has 0 fully saturated rings. The number of carbonyl (C=O) groups excluding carboxylic acids is 2. The molecule has 1 atom stereocenters. The Balaban J connectivity index is 1.78. The number of hydrogen-bond acceptors (Lipinski definition) is 6. The molecule has 4 N–H and O–H groups in total. The highest BCUT2D eigenvalue weighted by molar-refractivity contribution is 6.44. The van der Waals surface area contributed by atoms with E-state index < -0.39 is 34.5 Å². The smallest absolute Gasteiger partial charge is 0.273 e. The third kappa shape index (κ3) is 7.24. The van der Waals surface area contributed by atoms with Gasteiger partial charge in [-0.3, -0.25) is 19.4 Å². The van der Waals surface area contributed by atoms with Gasteiger partial charge in [0.15, 0.2) is 11.5 Å². The van der Waals surface area contributed by atoms with Crippen LogP contribution < -0.4 is 10.6 Å². The predicted octanol–water partition coefficient (Wildman–Crippen LogP) is 3.66. The first kappa shape index (κ1) is 28.5. The van der Waals surface area contributed by atoms with Crippen molar-refractivity contribution in [2.45, 2.75) is 57.0 Å². The molecular formula is C23H27Cl2F2N7O3. The molecule has 0 aliphatic carbocycles. The van der Waals surface area contributed by atoms with Gasteiger partial charge in [-0.05, 0) is 51.7 Å². The van der Waals surface area contributed by atoms with Crippen molar-refractivity contribution >= 4 is 40.8 Å². The molecule has 0 aliphatic rings. The number of anilines is 1. The number of amides is 2. The van der Waals surface area contributed by atoms with E-state index >= 15 is 0 Å². The average Bonchev–Trinajstić information content (AvgIpc) is 3.37. The second kappa shape index (κ2) is 12.9. The van der Waals surface area contributed by atoms with Gasteiger partial charge in [0.1, 0.15) is 16.7 Å². The Bertz CT molecular complexity index is 1230. The molecule has 37 heavy (non-hydrogen) atoms. The van der Waals surface area contributed by atoms with Crippen LogP contribution in [-0.4, -0.2) is 59.4 Å². The minimum absolute atomic E-state index is 0.0731. The van der Waals surface area contributed by atoms with Crippen molar-refractivity contribution in [2.24, 2.45) is 0 Å². The SMILES string of the molecule is Cc1n[nH]c(C)c1-c1ccc(NC(=O)[C@H](CCCC(Cl)Cl)NC(=O)c2c(F)cnn2CCCO)nc1F. The molecule has 0 saturated carbocycles. The number of rotatable bonds is 12. The number of carbonyl (C=O) groups is 2. The van der Waals surface area contributed by atoms with E-state index in [-0.39, 0.29) is 43.1 Å². The van der Waals surface area contributed by atoms with Crippen LogP contribution in [0.3, 0.4) is 0 Å². The van der Waals surface area contributed by atoms with Crippen LogP contribution in [0.15, 0.2) is 18.3 Å². The maximum absolute atomic E-state index is 14.8. The lowest BCUT2D eigenvalue weighted by atomic mass is 10.1. The Morgan fingerprint density at radius 3 is 2.57 bits per heavy atom. The van der Waals surface area contributed by atoms with Gasteiger partial charge in [-0.1, -0.05) is 0 Å². The van der Waals surface area contributed by atoms with Gasteiger partial charge in [-0.15, -0.1) is 23.2 Å². The molecule has 0 spiro atoms. The molecule has 3 aromatic heterocycles. The van der Waals surface area contributed by atoms with E-state index in [2.05, 4.69) is 30.9 Å². The van der Waals surface area contributed by atoms with Gasteiger partial charge in [-0.25, -0.2) is 9.37 Å². The van der Waals surface area contributed by atoms with E-state index in [0.717, 1.165) is 10.9 Å². The number of alkyl halides is 2. The Morgan fingerprint density at radius 1 is 1.19 bits per heavy atom. The molecule has 200 valence electrons. The summed E-state index contributed by atoms with van der Waals surface area (Å²) in [6.07, 6.45) is 1.96. The largest absolute Gasteiger partial charge is 0.396 e. The highest BCUT2D eigenvalue weighted by Crippen LogP contribution is 2.28. The number of nitrogens with one attached hydrogen (secondary N) is 3. The molecular weight excluding hydrogens is 531 g/mol. The molecule has 3 aromatic rings. The topological polar surface area (TPSA) is 138 Å². The average molecular weight is 558 g/mol. The molecule has 14 heteroatoms. The van der Waals surface area contributed by atoms with Crippen LogP contribution in [0, 0.1) is 25.6 Å². The van der Waals surface area contributed by atoms with Crippen molar-refractivity contribution in [1.82, 2.24) is 30.3 Å². The first-order valence-corrected chi connectivity index (χ1v) is 12.4. The quantitative estimate of drug-likeness (QED) is 0.198. The lowest BCUT2D eigenvalue weighted by Crippen LogP contribution is -2.44. The number of halogens is 4. The second-order valence-electron chi connectivity index (χ2n) is 8.32. The zero-order chi connectivity index (χ0) is 27.1. The van der Waals surface area contributed by atoms with E-state index in [9.17, 15) is 18.4 Å². The fraction of sp³-hybridized carbons (Fsp3) is 0.435. The van der Waals surface area contributed by atoms with Gasteiger partial charge in [0.05, 0.1) is 11.9 Å². The van der Waals surface area contributed by atoms with Crippen molar-refractivity contribution in [3.8, 4) is 11.1 Å². The predicted molar refractivity (Wildman–Crippen MR) is 134 cm³/mol. The summed E-state index contributed by atoms with van der Waals surface area (Å²) in [6, 6.07) is 1.76. The van der Waals surface area contributed by atoms with Crippen molar-refractivity contribution in [3.63, 3.8) is 0 Å². The number of nitrogens with zero attached hydrogens (tertiary/aromatic N) is 4. The third-order valence-corrected chi connectivity index (χ3v) is 6.01. The molecule has 10 nitrogen and oxygen atoms in total. The van der Waals surface area contributed by atoms with Gasteiger partial charge in [0.25, 0.3) is 5.91 Å². The summed E-state index contributed by atoms with van der Waals surface area (Å²) in [5, 5.41) is 24.7.